The number of carbonyl (C=O) groups excluding carboxylic acids is 1. The van der Waals surface area contributed by atoms with Gasteiger partial charge in [-0.2, -0.15) is 8.78 Å². The number of rotatable bonds is 2. The summed E-state index contributed by atoms with van der Waals surface area (Å²) in [6, 6.07) is 2.03. The van der Waals surface area contributed by atoms with E-state index in [4.69, 9.17) is 11.6 Å². The van der Waals surface area contributed by atoms with Gasteiger partial charge in [-0.05, 0) is 39.7 Å². The molecule has 15 heavy (non-hydrogen) atoms. The van der Waals surface area contributed by atoms with Crippen LogP contribution in [0.25, 0.3) is 0 Å². The van der Waals surface area contributed by atoms with Crippen LogP contribution in [-0.4, -0.2) is 11.2 Å². The van der Waals surface area contributed by atoms with Crippen molar-refractivity contribution in [2.24, 2.45) is 0 Å². The smallest absolute Gasteiger partial charge is 0.286 e. The van der Waals surface area contributed by atoms with Crippen LogP contribution >= 0.6 is 39.1 Å². The van der Waals surface area contributed by atoms with Gasteiger partial charge in [0.25, 0.3) is 5.78 Å². The summed E-state index contributed by atoms with van der Waals surface area (Å²) in [6.07, 6.45) is 0. The van der Waals surface area contributed by atoms with Gasteiger partial charge in [0.2, 0.25) is 0 Å². The fraction of sp³-hybridized carbons (Fsp3) is 0.125. The van der Waals surface area contributed by atoms with Gasteiger partial charge in [0.05, 0.1) is 10.6 Å². The average molecular weight is 322 g/mol. The van der Waals surface area contributed by atoms with E-state index in [1.165, 1.54) is 6.07 Å². The van der Waals surface area contributed by atoms with E-state index < -0.39 is 27.6 Å². The SMILES string of the molecule is O=C(c1c(F)ccc(Br)c1Cl)C(F)(F)Cl. The highest BCUT2D eigenvalue weighted by molar-refractivity contribution is 9.10. The fourth-order valence-electron chi connectivity index (χ4n) is 0.877. The quantitative estimate of drug-likeness (QED) is 0.452. The molecular weight excluding hydrogens is 320 g/mol. The van der Waals surface area contributed by atoms with Crippen LogP contribution in [-0.2, 0) is 0 Å². The monoisotopic (exact) mass is 320 g/mol. The Morgan fingerprint density at radius 2 is 1.93 bits per heavy atom. The Bertz CT molecular complexity index is 417. The maximum absolute atomic E-state index is 13.1. The third-order valence-corrected chi connectivity index (χ3v) is 2.98. The Kier molecular flexibility index (Phi) is 3.68. The van der Waals surface area contributed by atoms with E-state index in [1.54, 1.807) is 0 Å². The lowest BCUT2D eigenvalue weighted by Crippen LogP contribution is -2.23. The van der Waals surface area contributed by atoms with E-state index in [-0.39, 0.29) is 4.47 Å². The molecule has 0 fully saturated rings. The summed E-state index contributed by atoms with van der Waals surface area (Å²) in [5.74, 6) is -3.01. The summed E-state index contributed by atoms with van der Waals surface area (Å²) >= 11 is 12.9. The van der Waals surface area contributed by atoms with E-state index in [1.807, 2.05) is 0 Å². The Balaban J connectivity index is 3.38. The van der Waals surface area contributed by atoms with Crippen LogP contribution in [0, 0.1) is 5.82 Å². The normalized spacial score (nSPS) is 11.6. The minimum absolute atomic E-state index is 0.134. The highest BCUT2D eigenvalue weighted by atomic mass is 79.9. The van der Waals surface area contributed by atoms with E-state index in [0.717, 1.165) is 6.07 Å². The molecule has 0 aromatic heterocycles. The van der Waals surface area contributed by atoms with Crippen molar-refractivity contribution in [1.82, 2.24) is 0 Å². The van der Waals surface area contributed by atoms with Gasteiger partial charge in [-0.3, -0.25) is 4.79 Å². The Labute approximate surface area is 101 Å². The zero-order valence-corrected chi connectivity index (χ0v) is 9.93. The molecule has 0 aliphatic heterocycles. The van der Waals surface area contributed by atoms with Crippen molar-refractivity contribution < 1.29 is 18.0 Å². The summed E-state index contributed by atoms with van der Waals surface area (Å²) in [7, 11) is 0. The molecule has 0 unspecified atom stereocenters. The second-order valence-corrected chi connectivity index (χ2v) is 4.25. The molecule has 0 atom stereocenters. The van der Waals surface area contributed by atoms with E-state index >= 15 is 0 Å². The van der Waals surface area contributed by atoms with Crippen molar-refractivity contribution >= 4 is 44.9 Å². The van der Waals surface area contributed by atoms with Gasteiger partial charge in [-0.15, -0.1) is 0 Å². The Hall–Kier alpha value is -0.260. The second-order valence-electron chi connectivity index (χ2n) is 2.55. The predicted molar refractivity (Wildman–Crippen MR) is 54.2 cm³/mol. The molecule has 0 saturated carbocycles. The first-order valence-corrected chi connectivity index (χ1v) is 5.05. The van der Waals surface area contributed by atoms with Crippen molar-refractivity contribution in [2.45, 2.75) is 5.38 Å². The van der Waals surface area contributed by atoms with Crippen molar-refractivity contribution in [3.8, 4) is 0 Å². The molecule has 1 nitrogen and oxygen atoms in total. The van der Waals surface area contributed by atoms with Gasteiger partial charge in [0.15, 0.2) is 0 Å². The number of halogens is 6. The second kappa shape index (κ2) is 4.31. The molecular formula is C8H2BrCl2F3O. The zero-order valence-electron chi connectivity index (χ0n) is 6.83. The Morgan fingerprint density at radius 3 is 2.40 bits per heavy atom. The first-order chi connectivity index (χ1) is 6.75. The van der Waals surface area contributed by atoms with Crippen LogP contribution in [0.1, 0.15) is 10.4 Å². The molecule has 0 aliphatic rings. The van der Waals surface area contributed by atoms with E-state index in [9.17, 15) is 18.0 Å². The van der Waals surface area contributed by atoms with Crippen molar-refractivity contribution in [3.63, 3.8) is 0 Å². The lowest BCUT2D eigenvalue weighted by Gasteiger charge is -2.09. The number of Topliss-reactive ketones (excluding diaryl/α,β-unsaturated/α-hetero) is 1. The van der Waals surface area contributed by atoms with Crippen LogP contribution in [0.4, 0.5) is 13.2 Å². The highest BCUT2D eigenvalue weighted by Gasteiger charge is 2.39. The largest absolute Gasteiger partial charge is 0.385 e. The number of ketones is 1. The van der Waals surface area contributed by atoms with E-state index in [2.05, 4.69) is 27.5 Å². The minimum Gasteiger partial charge on any atom is -0.286 e. The summed E-state index contributed by atoms with van der Waals surface area (Å²) in [4.78, 5) is 11.0. The maximum Gasteiger partial charge on any atom is 0.385 e. The first kappa shape index (κ1) is 12.8. The number of hydrogen-bond acceptors (Lipinski definition) is 1. The zero-order chi connectivity index (χ0) is 11.8. The molecule has 0 amide bonds. The molecule has 0 heterocycles. The Morgan fingerprint density at radius 1 is 1.40 bits per heavy atom. The molecule has 1 rings (SSSR count). The van der Waals surface area contributed by atoms with Crippen molar-refractivity contribution in [3.05, 3.63) is 33.0 Å². The van der Waals surface area contributed by atoms with Crippen LogP contribution in [0.5, 0.6) is 0 Å². The van der Waals surface area contributed by atoms with Gasteiger partial charge < -0.3 is 0 Å². The van der Waals surface area contributed by atoms with Gasteiger partial charge in [-0.25, -0.2) is 4.39 Å². The lowest BCUT2D eigenvalue weighted by molar-refractivity contribution is 0.0531. The molecule has 0 radical (unpaired) electrons. The summed E-state index contributed by atoms with van der Waals surface area (Å²) in [5.41, 5.74) is -0.925. The number of carbonyl (C=O) groups is 1. The molecule has 0 aliphatic carbocycles. The van der Waals surface area contributed by atoms with Gasteiger partial charge in [-0.1, -0.05) is 11.6 Å². The van der Waals surface area contributed by atoms with Crippen LogP contribution in [0.15, 0.2) is 16.6 Å². The molecule has 0 spiro atoms. The number of hydrogen-bond donors (Lipinski definition) is 0. The van der Waals surface area contributed by atoms with Crippen LogP contribution in [0.3, 0.4) is 0 Å². The summed E-state index contributed by atoms with van der Waals surface area (Å²) < 4.78 is 38.2. The van der Waals surface area contributed by atoms with Gasteiger partial charge in [0.1, 0.15) is 5.82 Å². The standard InChI is InChI=1S/C8H2BrCl2F3O/c9-3-1-2-4(12)5(6(3)10)7(15)8(11,13)14/h1-2H. The lowest BCUT2D eigenvalue weighted by atomic mass is 10.1. The average Bonchev–Trinajstić information content (AvgIpc) is 2.10. The first-order valence-electron chi connectivity index (χ1n) is 3.50. The molecule has 1 aromatic carbocycles. The van der Waals surface area contributed by atoms with Crippen molar-refractivity contribution in [2.75, 3.05) is 0 Å². The molecule has 0 bridgehead atoms. The fourth-order valence-corrected chi connectivity index (χ4v) is 1.54. The van der Waals surface area contributed by atoms with Crippen molar-refractivity contribution in [1.29, 1.82) is 0 Å². The van der Waals surface area contributed by atoms with Gasteiger partial charge >= 0.3 is 5.38 Å². The summed E-state index contributed by atoms with van der Waals surface area (Å²) in [5, 5.41) is -4.61. The van der Waals surface area contributed by atoms with Gasteiger partial charge in [0, 0.05) is 4.47 Å². The number of alkyl halides is 3. The third kappa shape index (κ3) is 2.65. The highest BCUT2D eigenvalue weighted by Crippen LogP contribution is 2.33. The minimum atomic E-state index is -4.18. The van der Waals surface area contributed by atoms with Crippen LogP contribution in [0.2, 0.25) is 5.02 Å². The van der Waals surface area contributed by atoms with E-state index in [0.29, 0.717) is 0 Å². The predicted octanol–water partition coefficient (Wildman–Crippen LogP) is 4.26. The topological polar surface area (TPSA) is 17.1 Å². The number of benzene rings is 1. The van der Waals surface area contributed by atoms with Crippen LogP contribution < -0.4 is 0 Å². The molecule has 1 aromatic rings. The molecule has 0 saturated heterocycles. The molecule has 82 valence electrons. The molecule has 7 heteroatoms. The maximum atomic E-state index is 13.1. The molecule has 0 N–H and O–H groups in total. The summed E-state index contributed by atoms with van der Waals surface area (Å²) in [6.45, 7) is 0. The third-order valence-electron chi connectivity index (χ3n) is 1.53.